The number of anilines is 2. The summed E-state index contributed by atoms with van der Waals surface area (Å²) in [5, 5.41) is 13.5. The molecule has 0 atom stereocenters. The van der Waals surface area contributed by atoms with Gasteiger partial charge in [0.15, 0.2) is 5.13 Å². The first kappa shape index (κ1) is 25.0. The number of aromatic nitrogens is 1. The molecule has 6 nitrogen and oxygen atoms in total. The molecule has 1 aromatic heterocycles. The fraction of sp³-hybridized carbons (Fsp3) is 0.148. The molecule has 0 spiro atoms. The van der Waals surface area contributed by atoms with Crippen LogP contribution < -0.4 is 10.2 Å². The number of rotatable bonds is 9. The SMILES string of the molecule is Cc1ccc(N(Cc2ccc(C(=O)NCCC(=O)O)cc2)c2nc(-c3c(F)cccc3F)cs2)cc1. The number of aliphatic carboxylic acids is 1. The number of halogens is 2. The predicted molar refractivity (Wildman–Crippen MR) is 136 cm³/mol. The van der Waals surface area contributed by atoms with E-state index in [4.69, 9.17) is 5.11 Å². The zero-order valence-electron chi connectivity index (χ0n) is 19.4. The van der Waals surface area contributed by atoms with E-state index in [1.54, 1.807) is 29.6 Å². The third-order valence-corrected chi connectivity index (χ3v) is 6.33. The molecule has 0 radical (unpaired) electrons. The van der Waals surface area contributed by atoms with Crippen molar-refractivity contribution in [2.24, 2.45) is 0 Å². The lowest BCUT2D eigenvalue weighted by molar-refractivity contribution is -0.136. The minimum Gasteiger partial charge on any atom is -0.481 e. The van der Waals surface area contributed by atoms with Gasteiger partial charge in [0.1, 0.15) is 11.6 Å². The molecule has 1 heterocycles. The van der Waals surface area contributed by atoms with E-state index in [-0.39, 0.29) is 30.1 Å². The Bertz CT molecular complexity index is 1350. The number of benzene rings is 3. The quantitative estimate of drug-likeness (QED) is 0.293. The summed E-state index contributed by atoms with van der Waals surface area (Å²) in [7, 11) is 0. The second-order valence-electron chi connectivity index (χ2n) is 8.13. The van der Waals surface area contributed by atoms with Gasteiger partial charge in [0.25, 0.3) is 5.91 Å². The molecule has 0 fully saturated rings. The molecule has 36 heavy (non-hydrogen) atoms. The van der Waals surface area contributed by atoms with Gasteiger partial charge < -0.3 is 15.3 Å². The van der Waals surface area contributed by atoms with Crippen LogP contribution >= 0.6 is 11.3 Å². The van der Waals surface area contributed by atoms with Crippen LogP contribution in [0.15, 0.2) is 72.1 Å². The van der Waals surface area contributed by atoms with Gasteiger partial charge in [0.05, 0.1) is 24.2 Å². The highest BCUT2D eigenvalue weighted by Gasteiger charge is 2.19. The molecule has 3 aromatic carbocycles. The Kier molecular flexibility index (Phi) is 7.70. The topological polar surface area (TPSA) is 82.5 Å². The van der Waals surface area contributed by atoms with Gasteiger partial charge in [-0.3, -0.25) is 9.59 Å². The maximum atomic E-state index is 14.3. The summed E-state index contributed by atoms with van der Waals surface area (Å²) < 4.78 is 28.7. The van der Waals surface area contributed by atoms with E-state index in [9.17, 15) is 18.4 Å². The van der Waals surface area contributed by atoms with Crippen molar-refractivity contribution in [2.45, 2.75) is 19.9 Å². The zero-order valence-corrected chi connectivity index (χ0v) is 20.2. The van der Waals surface area contributed by atoms with Gasteiger partial charge in [-0.05, 0) is 48.9 Å². The van der Waals surface area contributed by atoms with Gasteiger partial charge in [-0.15, -0.1) is 11.3 Å². The predicted octanol–water partition coefficient (Wildman–Crippen LogP) is 5.94. The molecule has 0 bridgehead atoms. The molecule has 0 aliphatic rings. The standard InChI is InChI=1S/C27H23F2N3O3S/c1-17-5-11-20(12-6-17)32(27-31-23(16-36-27)25-21(28)3-2-4-22(25)29)15-18-7-9-19(10-8-18)26(35)30-14-13-24(33)34/h2-12,16H,13-15H2,1H3,(H,30,35)(H,33,34). The molecule has 4 rings (SSSR count). The molecular weight excluding hydrogens is 484 g/mol. The molecule has 184 valence electrons. The van der Waals surface area contributed by atoms with E-state index < -0.39 is 17.6 Å². The van der Waals surface area contributed by atoms with Crippen molar-refractivity contribution in [3.63, 3.8) is 0 Å². The lowest BCUT2D eigenvalue weighted by Crippen LogP contribution is -2.26. The summed E-state index contributed by atoms with van der Waals surface area (Å²) in [4.78, 5) is 29.4. The van der Waals surface area contributed by atoms with Crippen molar-refractivity contribution in [1.82, 2.24) is 10.3 Å². The maximum Gasteiger partial charge on any atom is 0.305 e. The van der Waals surface area contributed by atoms with Crippen LogP contribution in [0.1, 0.15) is 27.9 Å². The largest absolute Gasteiger partial charge is 0.481 e. The Balaban J connectivity index is 1.59. The molecule has 0 saturated carbocycles. The van der Waals surface area contributed by atoms with Gasteiger partial charge in [0, 0.05) is 23.2 Å². The van der Waals surface area contributed by atoms with Crippen molar-refractivity contribution in [2.75, 3.05) is 11.4 Å². The van der Waals surface area contributed by atoms with E-state index >= 15 is 0 Å². The van der Waals surface area contributed by atoms with Crippen LogP contribution in [0.25, 0.3) is 11.3 Å². The van der Waals surface area contributed by atoms with Crippen molar-refractivity contribution in [3.05, 3.63) is 100 Å². The molecular formula is C27H23F2N3O3S. The Labute approximate surface area is 210 Å². The molecule has 0 saturated heterocycles. The van der Waals surface area contributed by atoms with Crippen LogP contribution in [0.5, 0.6) is 0 Å². The van der Waals surface area contributed by atoms with E-state index in [0.717, 1.165) is 16.8 Å². The summed E-state index contributed by atoms with van der Waals surface area (Å²) >= 11 is 1.28. The van der Waals surface area contributed by atoms with Gasteiger partial charge in [-0.25, -0.2) is 13.8 Å². The fourth-order valence-corrected chi connectivity index (χ4v) is 4.40. The first-order valence-electron chi connectivity index (χ1n) is 11.1. The maximum absolute atomic E-state index is 14.3. The van der Waals surface area contributed by atoms with Crippen LogP contribution in [-0.4, -0.2) is 28.5 Å². The van der Waals surface area contributed by atoms with Crippen LogP contribution in [0.4, 0.5) is 19.6 Å². The first-order chi connectivity index (χ1) is 17.3. The summed E-state index contributed by atoms with van der Waals surface area (Å²) in [6.07, 6.45) is -0.151. The van der Waals surface area contributed by atoms with Gasteiger partial charge >= 0.3 is 5.97 Å². The Morgan fingerprint density at radius 3 is 2.31 bits per heavy atom. The normalized spacial score (nSPS) is 10.8. The summed E-state index contributed by atoms with van der Waals surface area (Å²) in [6.45, 7) is 2.43. The van der Waals surface area contributed by atoms with Crippen molar-refractivity contribution < 1.29 is 23.5 Å². The third-order valence-electron chi connectivity index (χ3n) is 5.47. The number of thiazole rings is 1. The number of amides is 1. The smallest absolute Gasteiger partial charge is 0.305 e. The van der Waals surface area contributed by atoms with Crippen LogP contribution in [0.2, 0.25) is 0 Å². The minimum atomic E-state index is -0.982. The van der Waals surface area contributed by atoms with E-state index in [0.29, 0.717) is 17.2 Å². The molecule has 4 aromatic rings. The second-order valence-corrected chi connectivity index (χ2v) is 8.97. The van der Waals surface area contributed by atoms with Crippen molar-refractivity contribution in [1.29, 1.82) is 0 Å². The van der Waals surface area contributed by atoms with Crippen molar-refractivity contribution in [3.8, 4) is 11.3 Å². The van der Waals surface area contributed by atoms with E-state index in [2.05, 4.69) is 10.3 Å². The minimum absolute atomic E-state index is 0.0477. The molecule has 0 unspecified atom stereocenters. The number of aryl methyl sites for hydroxylation is 1. The first-order valence-corrected chi connectivity index (χ1v) is 12.0. The third kappa shape index (κ3) is 5.92. The summed E-state index contributed by atoms with van der Waals surface area (Å²) in [5.74, 6) is -2.68. The van der Waals surface area contributed by atoms with Gasteiger partial charge in [-0.2, -0.15) is 0 Å². The van der Waals surface area contributed by atoms with Gasteiger partial charge in [-0.1, -0.05) is 35.9 Å². The highest BCUT2D eigenvalue weighted by molar-refractivity contribution is 7.14. The Hall–Kier alpha value is -4.11. The number of carbonyl (C=O) groups is 2. The number of hydrogen-bond donors (Lipinski definition) is 2. The molecule has 9 heteroatoms. The number of carboxylic acids is 1. The van der Waals surface area contributed by atoms with Crippen molar-refractivity contribution >= 4 is 34.0 Å². The lowest BCUT2D eigenvalue weighted by atomic mass is 10.1. The Morgan fingerprint density at radius 1 is 1.00 bits per heavy atom. The molecule has 2 N–H and O–H groups in total. The number of nitrogens with zero attached hydrogens (tertiary/aromatic N) is 2. The zero-order chi connectivity index (χ0) is 25.7. The molecule has 0 aliphatic heterocycles. The fourth-order valence-electron chi connectivity index (χ4n) is 3.57. The van der Waals surface area contributed by atoms with Gasteiger partial charge in [0.2, 0.25) is 0 Å². The highest BCUT2D eigenvalue weighted by atomic mass is 32.1. The Morgan fingerprint density at radius 2 is 1.67 bits per heavy atom. The van der Waals surface area contributed by atoms with Crippen LogP contribution in [0.3, 0.4) is 0 Å². The van der Waals surface area contributed by atoms with Crippen LogP contribution in [0, 0.1) is 18.6 Å². The van der Waals surface area contributed by atoms with Crippen LogP contribution in [-0.2, 0) is 11.3 Å². The number of nitrogens with one attached hydrogen (secondary N) is 1. The number of hydrogen-bond acceptors (Lipinski definition) is 5. The monoisotopic (exact) mass is 507 g/mol. The average Bonchev–Trinajstić information content (AvgIpc) is 3.32. The second kappa shape index (κ2) is 11.1. The molecule has 1 amide bonds. The summed E-state index contributed by atoms with van der Waals surface area (Å²) in [6, 6.07) is 18.5. The average molecular weight is 508 g/mol. The summed E-state index contributed by atoms with van der Waals surface area (Å²) in [5.41, 5.74) is 3.29. The van der Waals surface area contributed by atoms with E-state index in [1.807, 2.05) is 36.1 Å². The number of carbonyl (C=O) groups excluding carboxylic acids is 1. The van der Waals surface area contributed by atoms with E-state index in [1.165, 1.54) is 29.5 Å². The highest BCUT2D eigenvalue weighted by Crippen LogP contribution is 2.35. The number of carboxylic acid groups (broad SMARTS) is 1. The molecule has 0 aliphatic carbocycles. The lowest BCUT2D eigenvalue weighted by Gasteiger charge is -2.22.